The summed E-state index contributed by atoms with van der Waals surface area (Å²) in [6.07, 6.45) is 6.05. The van der Waals surface area contributed by atoms with E-state index in [4.69, 9.17) is 4.42 Å². The summed E-state index contributed by atoms with van der Waals surface area (Å²) in [6.45, 7) is 3.71. The molecule has 0 saturated heterocycles. The Labute approximate surface area is 83.1 Å². The molecule has 0 aliphatic heterocycles. The molecule has 14 heavy (non-hydrogen) atoms. The van der Waals surface area contributed by atoms with Crippen LogP contribution in [0.4, 0.5) is 0 Å². The van der Waals surface area contributed by atoms with Gasteiger partial charge in [-0.15, -0.1) is 4.57 Å². The van der Waals surface area contributed by atoms with Crippen molar-refractivity contribution < 1.29 is 8.98 Å². The van der Waals surface area contributed by atoms with Crippen molar-refractivity contribution in [2.45, 2.75) is 6.42 Å². The molecule has 1 aromatic carbocycles. The monoisotopic (exact) mass is 186 g/mol. The van der Waals surface area contributed by atoms with Gasteiger partial charge in [0.1, 0.15) is 0 Å². The van der Waals surface area contributed by atoms with Crippen LogP contribution in [0.1, 0.15) is 11.5 Å². The van der Waals surface area contributed by atoms with Crippen molar-refractivity contribution in [1.29, 1.82) is 0 Å². The average molecular weight is 186 g/mol. The van der Waals surface area contributed by atoms with Gasteiger partial charge in [0.15, 0.2) is 12.5 Å². The normalized spacial score (nSPS) is 10.0. The second kappa shape index (κ2) is 3.92. The van der Waals surface area contributed by atoms with Crippen LogP contribution in [0.5, 0.6) is 0 Å². The predicted octanol–water partition coefficient (Wildman–Crippen LogP) is 2.26. The molecule has 0 spiro atoms. The molecule has 2 rings (SSSR count). The van der Waals surface area contributed by atoms with Gasteiger partial charge in [-0.05, 0) is 12.1 Å². The van der Waals surface area contributed by atoms with Gasteiger partial charge in [-0.3, -0.25) is 0 Å². The van der Waals surface area contributed by atoms with Gasteiger partial charge >= 0.3 is 5.89 Å². The quantitative estimate of drug-likeness (QED) is 0.672. The van der Waals surface area contributed by atoms with Crippen LogP contribution >= 0.6 is 0 Å². The highest BCUT2D eigenvalue weighted by Gasteiger charge is 2.11. The van der Waals surface area contributed by atoms with Crippen LogP contribution in [0, 0.1) is 0 Å². The lowest BCUT2D eigenvalue weighted by Gasteiger charge is -1.93. The molecule has 0 aliphatic rings. The molecule has 0 bridgehead atoms. The molecule has 0 fully saturated rings. The summed E-state index contributed by atoms with van der Waals surface area (Å²) in [5.74, 6) is 0.895. The van der Waals surface area contributed by atoms with Gasteiger partial charge in [0.2, 0.25) is 6.20 Å². The Morgan fingerprint density at radius 1 is 1.29 bits per heavy atom. The first-order chi connectivity index (χ1) is 6.90. The third kappa shape index (κ3) is 1.74. The van der Waals surface area contributed by atoms with E-state index in [0.29, 0.717) is 0 Å². The van der Waals surface area contributed by atoms with E-state index >= 15 is 0 Å². The topological polar surface area (TPSA) is 17.0 Å². The van der Waals surface area contributed by atoms with Gasteiger partial charge in [-0.1, -0.05) is 30.3 Å². The molecular weight excluding hydrogens is 174 g/mol. The van der Waals surface area contributed by atoms with E-state index in [1.807, 2.05) is 29.0 Å². The summed E-state index contributed by atoms with van der Waals surface area (Å²) >= 11 is 0. The maximum Gasteiger partial charge on any atom is 0.356 e. The molecule has 0 N–H and O–H groups in total. The maximum absolute atomic E-state index is 5.35. The minimum absolute atomic E-state index is 0.792. The third-order valence-corrected chi connectivity index (χ3v) is 2.11. The van der Waals surface area contributed by atoms with Gasteiger partial charge < -0.3 is 4.42 Å². The van der Waals surface area contributed by atoms with Crippen LogP contribution in [-0.4, -0.2) is 0 Å². The zero-order valence-corrected chi connectivity index (χ0v) is 7.89. The van der Waals surface area contributed by atoms with Crippen molar-refractivity contribution in [3.63, 3.8) is 0 Å². The van der Waals surface area contributed by atoms with Crippen LogP contribution in [0.25, 0.3) is 6.20 Å². The first-order valence-electron chi connectivity index (χ1n) is 4.54. The van der Waals surface area contributed by atoms with Gasteiger partial charge in [0.05, 0.1) is 6.42 Å². The van der Waals surface area contributed by atoms with E-state index in [-0.39, 0.29) is 0 Å². The average Bonchev–Trinajstić information content (AvgIpc) is 2.67. The second-order valence-corrected chi connectivity index (χ2v) is 3.05. The highest BCUT2D eigenvalue weighted by Crippen LogP contribution is 2.05. The van der Waals surface area contributed by atoms with Crippen LogP contribution in [0.3, 0.4) is 0 Å². The van der Waals surface area contributed by atoms with Crippen molar-refractivity contribution in [1.82, 2.24) is 0 Å². The highest BCUT2D eigenvalue weighted by atomic mass is 16.3. The zero-order valence-electron chi connectivity index (χ0n) is 7.89. The number of hydrogen-bond donors (Lipinski definition) is 0. The Balaban J connectivity index is 2.23. The molecule has 2 aromatic rings. The zero-order chi connectivity index (χ0) is 9.80. The third-order valence-electron chi connectivity index (χ3n) is 2.11. The minimum Gasteiger partial charge on any atom is -0.410 e. The Kier molecular flexibility index (Phi) is 2.45. The molecule has 1 aromatic heterocycles. The van der Waals surface area contributed by atoms with Gasteiger partial charge in [-0.2, -0.15) is 0 Å². The molecule has 0 amide bonds. The van der Waals surface area contributed by atoms with E-state index in [2.05, 4.69) is 18.7 Å². The summed E-state index contributed by atoms with van der Waals surface area (Å²) in [4.78, 5) is 0. The number of oxazole rings is 1. The number of aromatic nitrogens is 1. The summed E-state index contributed by atoms with van der Waals surface area (Å²) in [7, 11) is 0. The van der Waals surface area contributed by atoms with Crippen molar-refractivity contribution in [3.8, 4) is 0 Å². The number of nitrogens with zero attached hydrogens (tertiary/aromatic N) is 1. The lowest BCUT2D eigenvalue weighted by atomic mass is 10.1. The van der Waals surface area contributed by atoms with Gasteiger partial charge in [0.25, 0.3) is 0 Å². The van der Waals surface area contributed by atoms with Crippen molar-refractivity contribution in [3.05, 3.63) is 60.8 Å². The van der Waals surface area contributed by atoms with E-state index in [0.717, 1.165) is 12.3 Å². The summed E-state index contributed by atoms with van der Waals surface area (Å²) < 4.78 is 7.23. The predicted molar refractivity (Wildman–Crippen MR) is 54.5 cm³/mol. The van der Waals surface area contributed by atoms with Crippen molar-refractivity contribution in [2.24, 2.45) is 0 Å². The van der Waals surface area contributed by atoms with Crippen LogP contribution in [0.15, 0.2) is 53.8 Å². The van der Waals surface area contributed by atoms with E-state index in [9.17, 15) is 0 Å². The van der Waals surface area contributed by atoms with E-state index < -0.39 is 0 Å². The first-order valence-corrected chi connectivity index (χ1v) is 4.54. The molecule has 1 heterocycles. The van der Waals surface area contributed by atoms with E-state index in [1.165, 1.54) is 5.56 Å². The summed E-state index contributed by atoms with van der Waals surface area (Å²) in [5, 5.41) is 0. The standard InChI is InChI=1S/C12H12NO/c1-2-13-8-9-14-12(13)10-11-6-4-3-5-7-11/h2-9H,1,10H2/q+1. The molecule has 0 unspecified atom stereocenters. The molecule has 0 atom stereocenters. The van der Waals surface area contributed by atoms with Crippen LogP contribution in [-0.2, 0) is 6.42 Å². The lowest BCUT2D eigenvalue weighted by molar-refractivity contribution is -0.581. The molecule has 0 radical (unpaired) electrons. The number of rotatable bonds is 3. The Morgan fingerprint density at radius 3 is 2.79 bits per heavy atom. The molecule has 2 nitrogen and oxygen atoms in total. The fourth-order valence-electron chi connectivity index (χ4n) is 1.38. The van der Waals surface area contributed by atoms with Crippen LogP contribution < -0.4 is 4.57 Å². The number of benzene rings is 1. The van der Waals surface area contributed by atoms with Gasteiger partial charge in [-0.25, -0.2) is 0 Å². The Morgan fingerprint density at radius 2 is 2.07 bits per heavy atom. The molecular formula is C12H12NO+. The molecule has 0 saturated carbocycles. The fourth-order valence-corrected chi connectivity index (χ4v) is 1.38. The largest absolute Gasteiger partial charge is 0.410 e. The second-order valence-electron chi connectivity index (χ2n) is 3.05. The van der Waals surface area contributed by atoms with Crippen molar-refractivity contribution in [2.75, 3.05) is 0 Å². The smallest absolute Gasteiger partial charge is 0.356 e. The Bertz CT molecular complexity index is 417. The summed E-state index contributed by atoms with van der Waals surface area (Å²) in [5.41, 5.74) is 1.23. The first kappa shape index (κ1) is 8.75. The van der Waals surface area contributed by atoms with Crippen molar-refractivity contribution >= 4 is 6.20 Å². The van der Waals surface area contributed by atoms with Gasteiger partial charge in [0, 0.05) is 0 Å². The highest BCUT2D eigenvalue weighted by molar-refractivity contribution is 5.17. The van der Waals surface area contributed by atoms with Crippen LogP contribution in [0.2, 0.25) is 0 Å². The summed E-state index contributed by atoms with van der Waals surface area (Å²) in [6, 6.07) is 10.2. The number of hydrogen-bond acceptors (Lipinski definition) is 1. The SMILES string of the molecule is C=C[n+]1ccoc1Cc1ccccc1. The lowest BCUT2D eigenvalue weighted by Crippen LogP contribution is -2.27. The maximum atomic E-state index is 5.35. The molecule has 0 aliphatic carbocycles. The Hall–Kier alpha value is -1.83. The van der Waals surface area contributed by atoms with E-state index in [1.54, 1.807) is 12.5 Å². The molecule has 2 heteroatoms. The molecule has 70 valence electrons. The minimum atomic E-state index is 0.792. The fraction of sp³-hybridized carbons (Fsp3) is 0.0833.